The summed E-state index contributed by atoms with van der Waals surface area (Å²) in [6.45, 7) is 4.60. The van der Waals surface area contributed by atoms with E-state index in [4.69, 9.17) is 5.11 Å². The predicted octanol–water partition coefficient (Wildman–Crippen LogP) is 2.31. The number of aliphatic hydroxyl groups excluding tert-OH is 1. The second-order valence-electron chi connectivity index (χ2n) is 4.98. The molecule has 0 saturated carbocycles. The average molecular weight is 232 g/mol. The Morgan fingerprint density at radius 2 is 2.12 bits per heavy atom. The van der Waals surface area contributed by atoms with Crippen molar-refractivity contribution in [1.82, 2.24) is 9.55 Å². The predicted molar refractivity (Wildman–Crippen MR) is 70.0 cm³/mol. The van der Waals surface area contributed by atoms with E-state index in [2.05, 4.69) is 48.6 Å². The molecule has 0 unspecified atom stereocenters. The van der Waals surface area contributed by atoms with Crippen LogP contribution in [-0.2, 0) is 19.9 Å². The second-order valence-corrected chi connectivity index (χ2v) is 4.98. The van der Waals surface area contributed by atoms with E-state index in [0.717, 1.165) is 23.3 Å². The molecule has 2 rings (SSSR count). The molecule has 17 heavy (non-hydrogen) atoms. The summed E-state index contributed by atoms with van der Waals surface area (Å²) in [5.74, 6) is 1.75. The van der Waals surface area contributed by atoms with Crippen LogP contribution in [0.1, 0.15) is 25.2 Å². The fourth-order valence-electron chi connectivity index (χ4n) is 2.13. The summed E-state index contributed by atoms with van der Waals surface area (Å²) in [5.41, 5.74) is 3.35. The van der Waals surface area contributed by atoms with Gasteiger partial charge < -0.3 is 9.67 Å². The third-order valence-electron chi connectivity index (χ3n) is 3.03. The molecule has 0 atom stereocenters. The van der Waals surface area contributed by atoms with Crippen LogP contribution < -0.4 is 0 Å². The van der Waals surface area contributed by atoms with Gasteiger partial charge in [0.05, 0.1) is 11.0 Å². The number of aliphatic hydroxyl groups is 1. The lowest BCUT2D eigenvalue weighted by molar-refractivity contribution is 0.299. The molecule has 0 aliphatic rings. The van der Waals surface area contributed by atoms with Gasteiger partial charge in [0.15, 0.2) is 0 Å². The van der Waals surface area contributed by atoms with Crippen LogP contribution in [0.15, 0.2) is 18.2 Å². The molecular formula is C14H20N2O. The lowest BCUT2D eigenvalue weighted by Gasteiger charge is -2.04. The monoisotopic (exact) mass is 232 g/mol. The zero-order chi connectivity index (χ0) is 12.4. The third kappa shape index (κ3) is 2.50. The number of benzene rings is 1. The number of rotatable bonds is 4. The van der Waals surface area contributed by atoms with Crippen molar-refractivity contribution in [3.8, 4) is 0 Å². The number of hydrogen-bond donors (Lipinski definition) is 1. The van der Waals surface area contributed by atoms with E-state index in [0.29, 0.717) is 12.3 Å². The smallest absolute Gasteiger partial charge is 0.109 e. The minimum Gasteiger partial charge on any atom is -0.396 e. The van der Waals surface area contributed by atoms with E-state index in [9.17, 15) is 0 Å². The van der Waals surface area contributed by atoms with Crippen LogP contribution in [0.2, 0.25) is 0 Å². The molecule has 0 radical (unpaired) electrons. The molecule has 0 fully saturated rings. The maximum atomic E-state index is 8.94. The van der Waals surface area contributed by atoms with Gasteiger partial charge in [-0.2, -0.15) is 0 Å². The van der Waals surface area contributed by atoms with Crippen LogP contribution in [0.25, 0.3) is 11.0 Å². The van der Waals surface area contributed by atoms with E-state index in [1.54, 1.807) is 0 Å². The Hall–Kier alpha value is -1.35. The molecule has 0 spiro atoms. The van der Waals surface area contributed by atoms with Crippen molar-refractivity contribution >= 4 is 11.0 Å². The molecule has 0 aliphatic carbocycles. The lowest BCUT2D eigenvalue weighted by atomic mass is 10.1. The summed E-state index contributed by atoms with van der Waals surface area (Å²) < 4.78 is 2.16. The van der Waals surface area contributed by atoms with Crippen LogP contribution in [-0.4, -0.2) is 21.3 Å². The largest absolute Gasteiger partial charge is 0.396 e. The van der Waals surface area contributed by atoms with Crippen molar-refractivity contribution in [2.45, 2.75) is 26.7 Å². The van der Waals surface area contributed by atoms with Crippen molar-refractivity contribution in [3.63, 3.8) is 0 Å². The molecule has 0 amide bonds. The minimum absolute atomic E-state index is 0.192. The van der Waals surface area contributed by atoms with Crippen molar-refractivity contribution < 1.29 is 5.11 Å². The van der Waals surface area contributed by atoms with Crippen molar-refractivity contribution in [1.29, 1.82) is 0 Å². The zero-order valence-electron chi connectivity index (χ0n) is 10.8. The molecule has 0 aliphatic heterocycles. The maximum Gasteiger partial charge on any atom is 0.109 e. The highest BCUT2D eigenvalue weighted by Crippen LogP contribution is 2.18. The van der Waals surface area contributed by atoms with E-state index in [1.807, 2.05) is 0 Å². The number of hydrogen-bond acceptors (Lipinski definition) is 2. The number of aryl methyl sites for hydroxylation is 1. The highest BCUT2D eigenvalue weighted by molar-refractivity contribution is 5.76. The fraction of sp³-hybridized carbons (Fsp3) is 0.500. The fourth-order valence-corrected chi connectivity index (χ4v) is 2.13. The molecule has 1 heterocycles. The van der Waals surface area contributed by atoms with Crippen LogP contribution in [0.3, 0.4) is 0 Å². The summed E-state index contributed by atoms with van der Waals surface area (Å²) in [6.07, 6.45) is 1.70. The third-order valence-corrected chi connectivity index (χ3v) is 3.03. The Kier molecular flexibility index (Phi) is 3.48. The van der Waals surface area contributed by atoms with Crippen molar-refractivity contribution in [3.05, 3.63) is 29.6 Å². The highest BCUT2D eigenvalue weighted by atomic mass is 16.2. The second kappa shape index (κ2) is 4.88. The standard InChI is InChI=1S/C14H20N2O/c1-10(2)8-14-15-12-9-11(6-7-17)4-5-13(12)16(14)3/h4-5,9-10,17H,6-8H2,1-3H3. The lowest BCUT2D eigenvalue weighted by Crippen LogP contribution is -2.02. The van der Waals surface area contributed by atoms with Gasteiger partial charge in [0.2, 0.25) is 0 Å². The first-order valence-corrected chi connectivity index (χ1v) is 6.17. The van der Waals surface area contributed by atoms with Gasteiger partial charge in [0, 0.05) is 20.1 Å². The van der Waals surface area contributed by atoms with Gasteiger partial charge in [0.1, 0.15) is 5.82 Å². The first-order valence-electron chi connectivity index (χ1n) is 6.17. The summed E-state index contributed by atoms with van der Waals surface area (Å²) in [5, 5.41) is 8.94. The SMILES string of the molecule is CC(C)Cc1nc2cc(CCO)ccc2n1C. The zero-order valence-corrected chi connectivity index (χ0v) is 10.8. The topological polar surface area (TPSA) is 38.1 Å². The van der Waals surface area contributed by atoms with E-state index < -0.39 is 0 Å². The summed E-state index contributed by atoms with van der Waals surface area (Å²) in [6, 6.07) is 6.24. The van der Waals surface area contributed by atoms with Gasteiger partial charge in [-0.15, -0.1) is 0 Å². The van der Waals surface area contributed by atoms with Gasteiger partial charge in [0.25, 0.3) is 0 Å². The van der Waals surface area contributed by atoms with Gasteiger partial charge >= 0.3 is 0 Å². The van der Waals surface area contributed by atoms with E-state index in [1.165, 1.54) is 5.52 Å². The number of fused-ring (bicyclic) bond motifs is 1. The summed E-state index contributed by atoms with van der Waals surface area (Å²) in [4.78, 5) is 4.68. The van der Waals surface area contributed by atoms with Gasteiger partial charge in [-0.1, -0.05) is 19.9 Å². The Balaban J connectivity index is 2.42. The molecular weight excluding hydrogens is 212 g/mol. The van der Waals surface area contributed by atoms with Crippen LogP contribution in [0, 0.1) is 5.92 Å². The molecule has 3 nitrogen and oxygen atoms in total. The van der Waals surface area contributed by atoms with Gasteiger partial charge in [-0.3, -0.25) is 0 Å². The molecule has 0 bridgehead atoms. The van der Waals surface area contributed by atoms with Crippen LogP contribution in [0.5, 0.6) is 0 Å². The Morgan fingerprint density at radius 3 is 2.76 bits per heavy atom. The molecule has 1 aromatic carbocycles. The van der Waals surface area contributed by atoms with Crippen molar-refractivity contribution in [2.24, 2.45) is 13.0 Å². The first-order chi connectivity index (χ1) is 8.11. The van der Waals surface area contributed by atoms with Crippen LogP contribution >= 0.6 is 0 Å². The maximum absolute atomic E-state index is 8.94. The van der Waals surface area contributed by atoms with Crippen molar-refractivity contribution in [2.75, 3.05) is 6.61 Å². The first kappa shape index (κ1) is 12.1. The Morgan fingerprint density at radius 1 is 1.35 bits per heavy atom. The number of imidazole rings is 1. The van der Waals surface area contributed by atoms with Gasteiger partial charge in [-0.25, -0.2) is 4.98 Å². The van der Waals surface area contributed by atoms with Gasteiger partial charge in [-0.05, 0) is 30.0 Å². The molecule has 2 aromatic rings. The molecule has 1 aromatic heterocycles. The average Bonchev–Trinajstić information content (AvgIpc) is 2.55. The van der Waals surface area contributed by atoms with E-state index >= 15 is 0 Å². The Bertz CT molecular complexity index is 514. The summed E-state index contributed by atoms with van der Waals surface area (Å²) >= 11 is 0. The molecule has 1 N–H and O–H groups in total. The number of nitrogens with zero attached hydrogens (tertiary/aromatic N) is 2. The quantitative estimate of drug-likeness (QED) is 0.878. The molecule has 92 valence electrons. The highest BCUT2D eigenvalue weighted by Gasteiger charge is 2.09. The summed E-state index contributed by atoms with van der Waals surface area (Å²) in [7, 11) is 2.07. The van der Waals surface area contributed by atoms with E-state index in [-0.39, 0.29) is 6.61 Å². The normalized spacial score (nSPS) is 11.6. The molecule has 0 saturated heterocycles. The Labute approximate surface area is 102 Å². The van der Waals surface area contributed by atoms with Crippen LogP contribution in [0.4, 0.5) is 0 Å². The minimum atomic E-state index is 0.192. The number of aromatic nitrogens is 2. The molecule has 3 heteroatoms.